The lowest BCUT2D eigenvalue weighted by Crippen LogP contribution is -2.25. The summed E-state index contributed by atoms with van der Waals surface area (Å²) < 4.78 is 36.2. The number of carboxylic acid groups (broad SMARTS) is 1. The zero-order valence-electron chi connectivity index (χ0n) is 9.53. The van der Waals surface area contributed by atoms with E-state index in [1.165, 1.54) is 24.3 Å². The molecule has 0 radical (unpaired) electrons. The van der Waals surface area contributed by atoms with E-state index in [-0.39, 0.29) is 35.2 Å². The number of rotatable bonds is 5. The summed E-state index contributed by atoms with van der Waals surface area (Å²) in [4.78, 5) is 21.7. The van der Waals surface area contributed by atoms with Crippen molar-refractivity contribution in [2.45, 2.75) is 16.8 Å². The van der Waals surface area contributed by atoms with Crippen LogP contribution in [0.3, 0.4) is 0 Å². The molecular formula is C11H10F3NO3S. The monoisotopic (exact) mass is 293 g/mol. The van der Waals surface area contributed by atoms with Crippen LogP contribution < -0.4 is 5.32 Å². The van der Waals surface area contributed by atoms with Crippen LogP contribution in [0.15, 0.2) is 29.2 Å². The number of nitrogens with one attached hydrogen (secondary N) is 1. The summed E-state index contributed by atoms with van der Waals surface area (Å²) in [7, 11) is 0. The Hall–Kier alpha value is -1.70. The summed E-state index contributed by atoms with van der Waals surface area (Å²) >= 11 is -0.266. The molecule has 0 saturated carbocycles. The molecule has 1 aromatic carbocycles. The maximum absolute atomic E-state index is 12.1. The van der Waals surface area contributed by atoms with Gasteiger partial charge in [0.15, 0.2) is 0 Å². The third-order valence-corrected chi connectivity index (χ3v) is 2.71. The van der Waals surface area contributed by atoms with E-state index in [2.05, 4.69) is 5.32 Å². The van der Waals surface area contributed by atoms with E-state index in [1.54, 1.807) is 0 Å². The van der Waals surface area contributed by atoms with Crippen molar-refractivity contribution in [3.63, 3.8) is 0 Å². The predicted molar refractivity (Wildman–Crippen MR) is 62.9 cm³/mol. The molecule has 0 heterocycles. The average Bonchev–Trinajstić information content (AvgIpc) is 2.27. The molecule has 1 aromatic rings. The average molecular weight is 293 g/mol. The Morgan fingerprint density at radius 1 is 1.21 bits per heavy atom. The maximum Gasteiger partial charge on any atom is 0.446 e. The lowest BCUT2D eigenvalue weighted by Gasteiger charge is -2.07. The van der Waals surface area contributed by atoms with E-state index in [0.29, 0.717) is 0 Å². The summed E-state index contributed by atoms with van der Waals surface area (Å²) in [5.74, 6) is -1.57. The van der Waals surface area contributed by atoms with Gasteiger partial charge in [0.2, 0.25) is 0 Å². The Balaban J connectivity index is 2.56. The molecule has 0 aliphatic rings. The maximum atomic E-state index is 12.1. The van der Waals surface area contributed by atoms with Crippen molar-refractivity contribution in [3.8, 4) is 0 Å². The van der Waals surface area contributed by atoms with Gasteiger partial charge in [0.1, 0.15) is 0 Å². The number of thioether (sulfide) groups is 1. The number of benzene rings is 1. The van der Waals surface area contributed by atoms with Crippen molar-refractivity contribution in [2.24, 2.45) is 0 Å². The molecule has 1 rings (SSSR count). The highest BCUT2D eigenvalue weighted by Gasteiger charge is 2.29. The summed E-state index contributed by atoms with van der Waals surface area (Å²) in [6.07, 6.45) is -0.215. The van der Waals surface area contributed by atoms with Crippen LogP contribution in [-0.2, 0) is 4.79 Å². The van der Waals surface area contributed by atoms with Gasteiger partial charge in [-0.05, 0) is 36.0 Å². The van der Waals surface area contributed by atoms with Crippen LogP contribution in [0.1, 0.15) is 16.8 Å². The molecule has 0 bridgehead atoms. The minimum atomic E-state index is -4.37. The number of aliphatic carboxylic acids is 1. The first-order chi connectivity index (χ1) is 8.78. The van der Waals surface area contributed by atoms with E-state index in [0.717, 1.165) is 0 Å². The number of alkyl halides is 3. The number of halogens is 3. The van der Waals surface area contributed by atoms with Gasteiger partial charge in [-0.2, -0.15) is 13.2 Å². The number of carboxylic acids is 1. The quantitative estimate of drug-likeness (QED) is 0.819. The second-order valence-corrected chi connectivity index (χ2v) is 4.61. The van der Waals surface area contributed by atoms with Crippen LogP contribution in [0, 0.1) is 0 Å². The highest BCUT2D eigenvalue weighted by atomic mass is 32.2. The van der Waals surface area contributed by atoms with E-state index in [1.807, 2.05) is 0 Å². The summed E-state index contributed by atoms with van der Waals surface area (Å²) in [5.41, 5.74) is -4.19. The summed E-state index contributed by atoms with van der Waals surface area (Å²) in [6, 6.07) is 4.88. The van der Waals surface area contributed by atoms with Gasteiger partial charge in [-0.25, -0.2) is 0 Å². The molecule has 4 nitrogen and oxygen atoms in total. The summed E-state index contributed by atoms with van der Waals surface area (Å²) in [6.45, 7) is -0.0345. The largest absolute Gasteiger partial charge is 0.481 e. The third-order valence-electron chi connectivity index (χ3n) is 1.97. The van der Waals surface area contributed by atoms with Gasteiger partial charge < -0.3 is 10.4 Å². The fraction of sp³-hybridized carbons (Fsp3) is 0.273. The molecule has 2 N–H and O–H groups in total. The number of hydrogen-bond donors (Lipinski definition) is 2. The standard InChI is InChI=1S/C11H10F3NO3S/c12-11(13,14)19-8-3-1-7(2-4-8)10(18)15-6-5-9(16)17/h1-4H,5-6H2,(H,15,18)(H,16,17). The normalized spacial score (nSPS) is 11.1. The third kappa shape index (κ3) is 6.14. The highest BCUT2D eigenvalue weighted by Crippen LogP contribution is 2.36. The van der Waals surface area contributed by atoms with Crippen molar-refractivity contribution < 1.29 is 27.9 Å². The first kappa shape index (κ1) is 15.4. The Morgan fingerprint density at radius 3 is 2.26 bits per heavy atom. The fourth-order valence-electron chi connectivity index (χ4n) is 1.19. The van der Waals surface area contributed by atoms with Crippen molar-refractivity contribution >= 4 is 23.6 Å². The Kier molecular flexibility index (Phi) is 5.22. The molecule has 0 fully saturated rings. The molecule has 0 aromatic heterocycles. The van der Waals surface area contributed by atoms with Crippen LogP contribution in [0.25, 0.3) is 0 Å². The van der Waals surface area contributed by atoms with Crippen LogP contribution >= 0.6 is 11.8 Å². The molecule has 0 aliphatic carbocycles. The zero-order chi connectivity index (χ0) is 14.5. The van der Waals surface area contributed by atoms with Crippen molar-refractivity contribution in [1.29, 1.82) is 0 Å². The van der Waals surface area contributed by atoms with Gasteiger partial charge in [-0.3, -0.25) is 9.59 Å². The molecule has 0 saturated heterocycles. The lowest BCUT2D eigenvalue weighted by atomic mass is 10.2. The molecule has 8 heteroatoms. The molecule has 0 atom stereocenters. The van der Waals surface area contributed by atoms with Crippen LogP contribution in [0.4, 0.5) is 13.2 Å². The first-order valence-corrected chi connectivity index (χ1v) is 5.95. The van der Waals surface area contributed by atoms with Crippen LogP contribution in [0.2, 0.25) is 0 Å². The molecule has 0 unspecified atom stereocenters. The minimum Gasteiger partial charge on any atom is -0.481 e. The minimum absolute atomic E-state index is 0.0189. The Labute approximate surface area is 111 Å². The van der Waals surface area contributed by atoms with Gasteiger partial charge >= 0.3 is 11.5 Å². The molecule has 104 valence electrons. The molecule has 19 heavy (non-hydrogen) atoms. The zero-order valence-corrected chi connectivity index (χ0v) is 10.3. The lowest BCUT2D eigenvalue weighted by molar-refractivity contribution is -0.136. The molecular weight excluding hydrogens is 283 g/mol. The number of carbonyl (C=O) groups excluding carboxylic acids is 1. The number of amides is 1. The highest BCUT2D eigenvalue weighted by molar-refractivity contribution is 8.00. The smallest absolute Gasteiger partial charge is 0.446 e. The predicted octanol–water partition coefficient (Wildman–Crippen LogP) is 2.50. The van der Waals surface area contributed by atoms with Gasteiger partial charge in [0, 0.05) is 17.0 Å². The molecule has 1 amide bonds. The van der Waals surface area contributed by atoms with E-state index in [9.17, 15) is 22.8 Å². The van der Waals surface area contributed by atoms with Crippen LogP contribution in [0.5, 0.6) is 0 Å². The van der Waals surface area contributed by atoms with Gasteiger partial charge in [-0.15, -0.1) is 0 Å². The Morgan fingerprint density at radius 2 is 1.79 bits per heavy atom. The van der Waals surface area contributed by atoms with E-state index < -0.39 is 17.4 Å². The molecule has 0 aliphatic heterocycles. The van der Waals surface area contributed by atoms with Crippen molar-refractivity contribution in [3.05, 3.63) is 29.8 Å². The second kappa shape index (κ2) is 6.46. The van der Waals surface area contributed by atoms with E-state index >= 15 is 0 Å². The van der Waals surface area contributed by atoms with Crippen LogP contribution in [-0.4, -0.2) is 29.0 Å². The SMILES string of the molecule is O=C(O)CCNC(=O)c1ccc(SC(F)(F)F)cc1. The molecule has 0 spiro atoms. The van der Waals surface area contributed by atoms with Gasteiger partial charge in [-0.1, -0.05) is 0 Å². The summed E-state index contributed by atoms with van der Waals surface area (Å²) in [5, 5.41) is 10.7. The number of carbonyl (C=O) groups is 2. The van der Waals surface area contributed by atoms with Crippen molar-refractivity contribution in [1.82, 2.24) is 5.32 Å². The van der Waals surface area contributed by atoms with E-state index in [4.69, 9.17) is 5.11 Å². The number of hydrogen-bond acceptors (Lipinski definition) is 3. The topological polar surface area (TPSA) is 66.4 Å². The van der Waals surface area contributed by atoms with Gasteiger partial charge in [0.25, 0.3) is 5.91 Å². The fourth-order valence-corrected chi connectivity index (χ4v) is 1.73. The Bertz CT molecular complexity index is 459. The second-order valence-electron chi connectivity index (χ2n) is 3.47. The van der Waals surface area contributed by atoms with Gasteiger partial charge in [0.05, 0.1) is 6.42 Å². The van der Waals surface area contributed by atoms with Crippen molar-refractivity contribution in [2.75, 3.05) is 6.54 Å². The first-order valence-electron chi connectivity index (χ1n) is 5.14.